The Balaban J connectivity index is 2.22. The summed E-state index contributed by atoms with van der Waals surface area (Å²) in [5, 5.41) is 13.1. The van der Waals surface area contributed by atoms with Gasteiger partial charge in [-0.2, -0.15) is 0 Å². The molecule has 0 spiro atoms. The van der Waals surface area contributed by atoms with Gasteiger partial charge in [0.05, 0.1) is 11.1 Å². The van der Waals surface area contributed by atoms with Gasteiger partial charge in [0.25, 0.3) is 0 Å². The van der Waals surface area contributed by atoms with Crippen LogP contribution in [0.25, 0.3) is 10.9 Å². The third kappa shape index (κ3) is 3.78. The second-order valence-corrected chi connectivity index (χ2v) is 5.73. The molecule has 2 rings (SSSR count). The Bertz CT molecular complexity index is 709. The number of carboxylic acid groups (broad SMARTS) is 1. The average molecular weight is 324 g/mol. The Kier molecular flexibility index (Phi) is 5.05. The minimum atomic E-state index is -1.03. The quantitative estimate of drug-likeness (QED) is 0.848. The monoisotopic (exact) mass is 323 g/mol. The van der Waals surface area contributed by atoms with E-state index in [4.69, 9.17) is 11.6 Å². The molecule has 0 aliphatic rings. The lowest BCUT2D eigenvalue weighted by Crippen LogP contribution is -2.33. The van der Waals surface area contributed by atoms with Crippen molar-refractivity contribution in [3.63, 3.8) is 0 Å². The Labute approximate surface area is 133 Å². The number of fused-ring (bicyclic) bond motifs is 1. The van der Waals surface area contributed by atoms with Crippen LogP contribution in [0.5, 0.6) is 0 Å². The minimum absolute atomic E-state index is 0.0531. The fraction of sp³-hybridized carbons (Fsp3) is 0.333. The lowest BCUT2D eigenvalue weighted by atomic mass is 10.2. The van der Waals surface area contributed by atoms with E-state index in [-0.39, 0.29) is 18.0 Å². The molecule has 0 atom stereocenters. The number of aromatic nitrogens is 1. The predicted molar refractivity (Wildman–Crippen MR) is 85.5 cm³/mol. The van der Waals surface area contributed by atoms with E-state index in [0.29, 0.717) is 22.5 Å². The van der Waals surface area contributed by atoms with Crippen LogP contribution in [0.4, 0.5) is 0 Å². The lowest BCUT2D eigenvalue weighted by molar-refractivity contribution is -0.121. The molecule has 7 heteroatoms. The number of hydrogen-bond donors (Lipinski definition) is 2. The van der Waals surface area contributed by atoms with Crippen LogP contribution in [0.15, 0.2) is 24.4 Å². The Morgan fingerprint density at radius 2 is 2.09 bits per heavy atom. The average Bonchev–Trinajstić information content (AvgIpc) is 2.76. The second kappa shape index (κ2) is 6.81. The zero-order valence-electron chi connectivity index (χ0n) is 12.5. The molecule has 0 saturated carbocycles. The third-order valence-corrected chi connectivity index (χ3v) is 3.50. The molecule has 118 valence electrons. The van der Waals surface area contributed by atoms with Crippen LogP contribution in [0.2, 0.25) is 5.02 Å². The Morgan fingerprint density at radius 1 is 1.36 bits per heavy atom. The van der Waals surface area contributed by atoms with Crippen LogP contribution in [0.1, 0.15) is 10.4 Å². The van der Waals surface area contributed by atoms with Crippen LogP contribution in [-0.4, -0.2) is 53.6 Å². The number of nitrogens with zero attached hydrogens (tertiary/aromatic N) is 2. The first-order chi connectivity index (χ1) is 10.4. The molecule has 0 fully saturated rings. The first kappa shape index (κ1) is 16.3. The summed E-state index contributed by atoms with van der Waals surface area (Å²) in [5.74, 6) is -1.20. The van der Waals surface area contributed by atoms with E-state index in [1.165, 1.54) is 6.20 Å². The molecule has 1 heterocycles. The van der Waals surface area contributed by atoms with Crippen LogP contribution in [-0.2, 0) is 11.3 Å². The van der Waals surface area contributed by atoms with Gasteiger partial charge in [0.1, 0.15) is 6.54 Å². The normalized spacial score (nSPS) is 11.1. The summed E-state index contributed by atoms with van der Waals surface area (Å²) in [6.07, 6.45) is 1.47. The summed E-state index contributed by atoms with van der Waals surface area (Å²) in [4.78, 5) is 25.2. The number of likely N-dealkylation sites (N-methyl/N-ethyl adjacent to an activating group) is 1. The van der Waals surface area contributed by atoms with Gasteiger partial charge in [-0.3, -0.25) is 4.79 Å². The van der Waals surface area contributed by atoms with Gasteiger partial charge in [0.2, 0.25) is 5.91 Å². The number of benzene rings is 1. The topological polar surface area (TPSA) is 74.6 Å². The fourth-order valence-electron chi connectivity index (χ4n) is 2.20. The highest BCUT2D eigenvalue weighted by Crippen LogP contribution is 2.24. The highest BCUT2D eigenvalue weighted by Gasteiger charge is 2.15. The molecule has 0 aliphatic carbocycles. The largest absolute Gasteiger partial charge is 0.478 e. The van der Waals surface area contributed by atoms with E-state index < -0.39 is 5.97 Å². The molecular formula is C15H18ClN3O3. The smallest absolute Gasteiger partial charge is 0.337 e. The zero-order chi connectivity index (χ0) is 16.3. The number of carbonyl (C=O) groups is 2. The van der Waals surface area contributed by atoms with E-state index in [9.17, 15) is 14.7 Å². The van der Waals surface area contributed by atoms with Crippen LogP contribution in [0, 0.1) is 0 Å². The maximum Gasteiger partial charge on any atom is 0.337 e. The number of nitrogens with one attached hydrogen (secondary N) is 1. The number of hydrogen-bond acceptors (Lipinski definition) is 3. The molecule has 2 N–H and O–H groups in total. The molecule has 0 aliphatic heterocycles. The number of aromatic carboxylic acids is 1. The summed E-state index contributed by atoms with van der Waals surface area (Å²) in [7, 11) is 3.85. The van der Waals surface area contributed by atoms with Crippen LogP contribution >= 0.6 is 11.6 Å². The summed E-state index contributed by atoms with van der Waals surface area (Å²) >= 11 is 5.97. The summed E-state index contributed by atoms with van der Waals surface area (Å²) in [6, 6.07) is 4.95. The first-order valence-corrected chi connectivity index (χ1v) is 7.19. The highest BCUT2D eigenvalue weighted by molar-refractivity contribution is 6.31. The molecule has 0 bridgehead atoms. The van der Waals surface area contributed by atoms with Crippen molar-refractivity contribution in [3.05, 3.63) is 35.0 Å². The number of halogens is 1. The van der Waals surface area contributed by atoms with Crippen molar-refractivity contribution in [2.45, 2.75) is 6.54 Å². The van der Waals surface area contributed by atoms with Crippen molar-refractivity contribution in [1.29, 1.82) is 0 Å². The molecule has 0 unspecified atom stereocenters. The standard InChI is InChI=1S/C15H18ClN3O3/c1-18(2)6-5-17-14(20)9-19-8-12(15(21)22)11-4-3-10(16)7-13(11)19/h3-4,7-8H,5-6,9H2,1-2H3,(H,17,20)(H,21,22). The van der Waals surface area contributed by atoms with Gasteiger partial charge in [-0.25, -0.2) is 4.79 Å². The highest BCUT2D eigenvalue weighted by atomic mass is 35.5. The SMILES string of the molecule is CN(C)CCNC(=O)Cn1cc(C(=O)O)c2ccc(Cl)cc21. The molecule has 1 aromatic heterocycles. The molecule has 6 nitrogen and oxygen atoms in total. The maximum atomic E-state index is 12.0. The molecule has 22 heavy (non-hydrogen) atoms. The second-order valence-electron chi connectivity index (χ2n) is 5.29. The molecule has 1 amide bonds. The molecule has 0 saturated heterocycles. The summed E-state index contributed by atoms with van der Waals surface area (Å²) < 4.78 is 1.61. The van der Waals surface area contributed by atoms with E-state index in [0.717, 1.165) is 6.54 Å². The fourth-order valence-corrected chi connectivity index (χ4v) is 2.36. The van der Waals surface area contributed by atoms with Crippen molar-refractivity contribution in [2.24, 2.45) is 0 Å². The number of carbonyl (C=O) groups excluding carboxylic acids is 1. The number of carboxylic acids is 1. The van der Waals surface area contributed by atoms with Gasteiger partial charge in [-0.15, -0.1) is 0 Å². The molecular weight excluding hydrogens is 306 g/mol. The molecule has 2 aromatic rings. The van der Waals surface area contributed by atoms with Crippen molar-refractivity contribution in [3.8, 4) is 0 Å². The maximum absolute atomic E-state index is 12.0. The number of amides is 1. The number of rotatable bonds is 6. The van der Waals surface area contributed by atoms with Gasteiger partial charge in [-0.05, 0) is 26.2 Å². The van der Waals surface area contributed by atoms with Crippen molar-refractivity contribution >= 4 is 34.4 Å². The van der Waals surface area contributed by atoms with Crippen LogP contribution < -0.4 is 5.32 Å². The minimum Gasteiger partial charge on any atom is -0.478 e. The first-order valence-electron chi connectivity index (χ1n) is 6.81. The van der Waals surface area contributed by atoms with Gasteiger partial charge in [0, 0.05) is 29.7 Å². The van der Waals surface area contributed by atoms with E-state index in [1.807, 2.05) is 19.0 Å². The molecule has 1 aromatic carbocycles. The Hall–Kier alpha value is -2.05. The van der Waals surface area contributed by atoms with Gasteiger partial charge < -0.3 is 19.9 Å². The van der Waals surface area contributed by atoms with E-state index >= 15 is 0 Å². The van der Waals surface area contributed by atoms with Crippen molar-refractivity contribution in [2.75, 3.05) is 27.2 Å². The predicted octanol–water partition coefficient (Wildman–Crippen LogP) is 1.67. The third-order valence-electron chi connectivity index (χ3n) is 3.27. The summed E-state index contributed by atoms with van der Waals surface area (Å²) in [6.45, 7) is 1.33. The van der Waals surface area contributed by atoms with Gasteiger partial charge >= 0.3 is 5.97 Å². The van der Waals surface area contributed by atoms with Crippen molar-refractivity contribution < 1.29 is 14.7 Å². The van der Waals surface area contributed by atoms with E-state index in [2.05, 4.69) is 5.32 Å². The summed E-state index contributed by atoms with van der Waals surface area (Å²) in [5.41, 5.74) is 0.792. The zero-order valence-corrected chi connectivity index (χ0v) is 13.2. The van der Waals surface area contributed by atoms with E-state index in [1.54, 1.807) is 22.8 Å². The Morgan fingerprint density at radius 3 is 2.73 bits per heavy atom. The van der Waals surface area contributed by atoms with Gasteiger partial charge in [0.15, 0.2) is 0 Å². The van der Waals surface area contributed by atoms with Gasteiger partial charge in [-0.1, -0.05) is 17.7 Å². The van der Waals surface area contributed by atoms with Crippen LogP contribution in [0.3, 0.4) is 0 Å². The molecule has 0 radical (unpaired) electrons. The lowest BCUT2D eigenvalue weighted by Gasteiger charge is -2.11. The van der Waals surface area contributed by atoms with Crippen molar-refractivity contribution in [1.82, 2.24) is 14.8 Å².